The van der Waals surface area contributed by atoms with Gasteiger partial charge in [0, 0.05) is 29.9 Å². The maximum atomic E-state index is 13.0. The molecule has 4 rings (SSSR count). The Labute approximate surface area is 228 Å². The van der Waals surface area contributed by atoms with E-state index < -0.39 is 5.97 Å². The van der Waals surface area contributed by atoms with E-state index in [1.54, 1.807) is 42.5 Å². The first kappa shape index (κ1) is 27.1. The molecule has 4 aromatic rings. The van der Waals surface area contributed by atoms with Crippen LogP contribution in [0.4, 0.5) is 0 Å². The molecule has 0 bridgehead atoms. The normalized spacial score (nSPS) is 11.3. The molecule has 0 aliphatic carbocycles. The molecule has 0 aliphatic heterocycles. The number of rotatable bonds is 11. The molecule has 2 aromatic heterocycles. The van der Waals surface area contributed by atoms with E-state index in [0.29, 0.717) is 0 Å². The third kappa shape index (κ3) is 5.97. The van der Waals surface area contributed by atoms with Gasteiger partial charge < -0.3 is 14.6 Å². The Hall–Kier alpha value is -3.90. The van der Waals surface area contributed by atoms with Crippen LogP contribution in [-0.2, 0) is 11.3 Å². The molecule has 2 heterocycles. The fourth-order valence-electron chi connectivity index (χ4n) is 4.56. The predicted molar refractivity (Wildman–Crippen MR) is 159 cm³/mol. The van der Waals surface area contributed by atoms with E-state index in [9.17, 15) is 14.7 Å². The van der Waals surface area contributed by atoms with Crippen molar-refractivity contribution in [1.29, 1.82) is 0 Å². The number of hydrogen-bond donors (Lipinski definition) is 1. The Morgan fingerprint density at radius 1 is 1.03 bits per heavy atom. The number of benzene rings is 2. The molecule has 1 N–H and O–H groups in total. The predicted octanol–water partition coefficient (Wildman–Crippen LogP) is 7.92. The zero-order valence-corrected chi connectivity index (χ0v) is 23.1. The highest BCUT2D eigenvalue weighted by molar-refractivity contribution is 7.16. The highest BCUT2D eigenvalue weighted by Crippen LogP contribution is 2.42. The van der Waals surface area contributed by atoms with E-state index in [-0.39, 0.29) is 18.0 Å². The molecular weight excluding hydrogens is 492 g/mol. The number of fused-ring (bicyclic) bond motifs is 1. The van der Waals surface area contributed by atoms with Crippen LogP contribution >= 0.6 is 11.3 Å². The molecule has 0 spiro atoms. The van der Waals surface area contributed by atoms with Crippen LogP contribution < -0.4 is 0 Å². The van der Waals surface area contributed by atoms with E-state index in [0.717, 1.165) is 68.7 Å². The van der Waals surface area contributed by atoms with Crippen LogP contribution in [0, 0.1) is 0 Å². The molecule has 196 valence electrons. The lowest BCUT2D eigenvalue weighted by atomic mass is 9.97. The van der Waals surface area contributed by atoms with E-state index in [1.165, 1.54) is 0 Å². The van der Waals surface area contributed by atoms with Crippen molar-refractivity contribution in [2.75, 3.05) is 14.1 Å². The van der Waals surface area contributed by atoms with Gasteiger partial charge in [0.1, 0.15) is 6.54 Å². The van der Waals surface area contributed by atoms with Crippen LogP contribution in [0.2, 0.25) is 0 Å². The van der Waals surface area contributed by atoms with Gasteiger partial charge in [-0.1, -0.05) is 68.8 Å². The quantitative estimate of drug-likeness (QED) is 0.202. The largest absolute Gasteiger partial charge is 0.478 e. The van der Waals surface area contributed by atoms with Crippen LogP contribution in [0.3, 0.4) is 0 Å². The van der Waals surface area contributed by atoms with Crippen molar-refractivity contribution in [3.8, 4) is 10.6 Å². The number of hydrogen-bond acceptors (Lipinski definition) is 3. The van der Waals surface area contributed by atoms with Crippen molar-refractivity contribution < 1.29 is 14.7 Å². The van der Waals surface area contributed by atoms with Crippen LogP contribution in [0.1, 0.15) is 59.0 Å². The number of unbranched alkanes of at least 4 members (excludes halogenated alkanes) is 2. The van der Waals surface area contributed by atoms with Crippen molar-refractivity contribution >= 4 is 51.8 Å². The monoisotopic (exact) mass is 526 g/mol. The minimum Gasteiger partial charge on any atom is -0.478 e. The van der Waals surface area contributed by atoms with Gasteiger partial charge in [-0.15, -0.1) is 11.3 Å². The molecule has 0 radical (unpaired) electrons. The zero-order valence-electron chi connectivity index (χ0n) is 22.2. The van der Waals surface area contributed by atoms with E-state index in [1.807, 2.05) is 28.8 Å². The van der Waals surface area contributed by atoms with E-state index >= 15 is 0 Å². The van der Waals surface area contributed by atoms with Gasteiger partial charge >= 0.3 is 5.97 Å². The van der Waals surface area contributed by atoms with Crippen molar-refractivity contribution in [3.05, 3.63) is 88.8 Å². The molecule has 2 aromatic carbocycles. The third-order valence-electron chi connectivity index (χ3n) is 6.64. The van der Waals surface area contributed by atoms with E-state index in [2.05, 4.69) is 49.9 Å². The summed E-state index contributed by atoms with van der Waals surface area (Å²) in [6.07, 6.45) is 8.28. The van der Waals surface area contributed by atoms with Crippen LogP contribution in [0.5, 0.6) is 0 Å². The number of likely N-dealkylation sites (N-methyl/N-ethyl adjacent to an activating group) is 1. The van der Waals surface area contributed by atoms with Gasteiger partial charge in [-0.2, -0.15) is 0 Å². The van der Waals surface area contributed by atoms with Gasteiger partial charge in [0.25, 0.3) is 0 Å². The van der Waals surface area contributed by atoms with Crippen molar-refractivity contribution in [2.24, 2.45) is 0 Å². The summed E-state index contributed by atoms with van der Waals surface area (Å²) in [5.41, 5.74) is 4.98. The number of carboxylic acid groups (broad SMARTS) is 1. The smallest absolute Gasteiger partial charge is 0.335 e. The SMILES string of the molecule is C=C(CCCCC)c1c(-c2ccc(C=Cc3ccccc3)s2)n(CC(=O)N(C)C)c2cc(C(=O)O)ccc12. The van der Waals surface area contributed by atoms with Gasteiger partial charge in [0.05, 0.1) is 21.7 Å². The summed E-state index contributed by atoms with van der Waals surface area (Å²) >= 11 is 1.65. The molecule has 0 saturated heterocycles. The fourth-order valence-corrected chi connectivity index (χ4v) is 5.53. The highest BCUT2D eigenvalue weighted by atomic mass is 32.1. The lowest BCUT2D eigenvalue weighted by Gasteiger charge is -2.15. The second-order valence-electron chi connectivity index (χ2n) is 9.64. The maximum absolute atomic E-state index is 13.0. The number of nitrogens with zero attached hydrogens (tertiary/aromatic N) is 2. The Kier molecular flexibility index (Phi) is 8.64. The molecule has 0 aliphatic rings. The summed E-state index contributed by atoms with van der Waals surface area (Å²) < 4.78 is 1.97. The Morgan fingerprint density at radius 2 is 1.79 bits per heavy atom. The first-order chi connectivity index (χ1) is 18.3. The van der Waals surface area contributed by atoms with Crippen LogP contribution in [-0.4, -0.2) is 40.5 Å². The molecule has 0 atom stereocenters. The van der Waals surface area contributed by atoms with Crippen LogP contribution in [0.15, 0.2) is 67.2 Å². The molecule has 0 saturated carbocycles. The number of carbonyl (C=O) groups is 2. The Morgan fingerprint density at radius 3 is 2.47 bits per heavy atom. The lowest BCUT2D eigenvalue weighted by Crippen LogP contribution is -2.26. The highest BCUT2D eigenvalue weighted by Gasteiger charge is 2.24. The Balaban J connectivity index is 1.90. The average Bonchev–Trinajstić information content (AvgIpc) is 3.50. The number of thiophene rings is 1. The Bertz CT molecular complexity index is 1490. The van der Waals surface area contributed by atoms with Crippen molar-refractivity contribution in [1.82, 2.24) is 9.47 Å². The minimum absolute atomic E-state index is 0.0622. The second kappa shape index (κ2) is 12.1. The molecule has 0 fully saturated rings. The summed E-state index contributed by atoms with van der Waals surface area (Å²) in [5, 5.41) is 10.6. The summed E-state index contributed by atoms with van der Waals surface area (Å²) in [6, 6.07) is 19.5. The van der Waals surface area contributed by atoms with Gasteiger partial charge in [0.2, 0.25) is 5.91 Å². The summed E-state index contributed by atoms with van der Waals surface area (Å²) in [4.78, 5) is 28.5. The number of amides is 1. The molecule has 38 heavy (non-hydrogen) atoms. The number of aromatic carboxylic acids is 1. The standard InChI is InChI=1S/C32H34N2O3S/c1-5-6-8-11-22(2)30-26-18-15-24(32(36)37)20-27(26)34(21-29(35)33(3)4)31(30)28-19-17-25(38-28)16-14-23-12-9-7-10-13-23/h7,9-10,12-20H,2,5-6,8,11,21H2,1,3-4H3,(H,36,37). The van der Waals surface area contributed by atoms with Crippen LogP contribution in [0.25, 0.3) is 39.2 Å². The molecular formula is C32H34N2O3S. The number of carbonyl (C=O) groups excluding carboxylic acids is 1. The van der Waals surface area contributed by atoms with E-state index in [4.69, 9.17) is 0 Å². The minimum atomic E-state index is -0.993. The average molecular weight is 527 g/mol. The molecule has 5 nitrogen and oxygen atoms in total. The lowest BCUT2D eigenvalue weighted by molar-refractivity contribution is -0.129. The van der Waals surface area contributed by atoms with Gasteiger partial charge in [-0.05, 0) is 54.3 Å². The summed E-state index contributed by atoms with van der Waals surface area (Å²) in [6.45, 7) is 6.75. The first-order valence-electron chi connectivity index (χ1n) is 12.9. The number of carboxylic acids is 1. The number of allylic oxidation sites excluding steroid dienone is 1. The molecule has 6 heteroatoms. The topological polar surface area (TPSA) is 62.5 Å². The fraction of sp³-hybridized carbons (Fsp3) is 0.250. The summed E-state index contributed by atoms with van der Waals surface area (Å²) in [7, 11) is 3.47. The van der Waals surface area contributed by atoms with Gasteiger partial charge in [-0.3, -0.25) is 4.79 Å². The maximum Gasteiger partial charge on any atom is 0.335 e. The van der Waals surface area contributed by atoms with Crippen molar-refractivity contribution in [2.45, 2.75) is 39.2 Å². The first-order valence-corrected chi connectivity index (χ1v) is 13.7. The molecule has 0 unspecified atom stereocenters. The summed E-state index contributed by atoms with van der Waals surface area (Å²) in [5.74, 6) is -1.05. The van der Waals surface area contributed by atoms with Gasteiger partial charge in [-0.25, -0.2) is 4.79 Å². The number of aromatic nitrogens is 1. The van der Waals surface area contributed by atoms with Crippen molar-refractivity contribution in [3.63, 3.8) is 0 Å². The third-order valence-corrected chi connectivity index (χ3v) is 7.70. The zero-order chi connectivity index (χ0) is 27.2. The second-order valence-corrected chi connectivity index (χ2v) is 10.8. The van der Waals surface area contributed by atoms with Gasteiger partial charge in [0.15, 0.2) is 0 Å². The molecule has 1 amide bonds.